The molecule has 1 rings (SSSR count). The van der Waals surface area contributed by atoms with Crippen LogP contribution in [0, 0.1) is 10.1 Å². The molecule has 7 nitrogen and oxygen atoms in total. The molecule has 0 aliphatic carbocycles. The quantitative estimate of drug-likeness (QED) is 0.350. The Balaban J connectivity index is 3.31. The van der Waals surface area contributed by atoms with Gasteiger partial charge in [0, 0.05) is 6.08 Å². The maximum Gasteiger partial charge on any atom is 0.330 e. The maximum atomic E-state index is 11.0. The second-order valence-electron chi connectivity index (χ2n) is 3.38. The summed E-state index contributed by atoms with van der Waals surface area (Å²) in [6.45, 7) is 0. The minimum absolute atomic E-state index is 0.196. The van der Waals surface area contributed by atoms with Gasteiger partial charge in [-0.2, -0.15) is 0 Å². The van der Waals surface area contributed by atoms with Crippen molar-refractivity contribution in [2.45, 2.75) is 0 Å². The largest absolute Gasteiger partial charge is 0.493 e. The minimum atomic E-state index is -0.607. The first kappa shape index (κ1) is 14.5. The summed E-state index contributed by atoms with van der Waals surface area (Å²) in [5.74, 6) is -0.0360. The number of benzene rings is 1. The highest BCUT2D eigenvalue weighted by atomic mass is 16.6. The van der Waals surface area contributed by atoms with E-state index in [0.717, 1.165) is 6.08 Å². The Morgan fingerprint density at radius 1 is 1.21 bits per heavy atom. The van der Waals surface area contributed by atoms with Crippen molar-refractivity contribution in [1.82, 2.24) is 0 Å². The van der Waals surface area contributed by atoms with Gasteiger partial charge in [0.1, 0.15) is 0 Å². The zero-order valence-corrected chi connectivity index (χ0v) is 10.7. The van der Waals surface area contributed by atoms with Crippen molar-refractivity contribution in [1.29, 1.82) is 0 Å². The molecular weight excluding hydrogens is 254 g/mol. The molecule has 0 unspecified atom stereocenters. The first-order valence-corrected chi connectivity index (χ1v) is 5.20. The lowest BCUT2D eigenvalue weighted by molar-refractivity contribution is -0.385. The van der Waals surface area contributed by atoms with Crippen molar-refractivity contribution in [3.05, 3.63) is 33.9 Å². The number of carbonyl (C=O) groups excluding carboxylic acids is 1. The summed E-state index contributed by atoms with van der Waals surface area (Å²) < 4.78 is 14.5. The molecule has 0 aliphatic heterocycles. The van der Waals surface area contributed by atoms with E-state index in [0.29, 0.717) is 5.75 Å². The number of nitro benzene ring substituents is 1. The fraction of sp³-hybridized carbons (Fsp3) is 0.250. The van der Waals surface area contributed by atoms with E-state index in [1.54, 1.807) is 0 Å². The first-order chi connectivity index (χ1) is 9.03. The fourth-order valence-electron chi connectivity index (χ4n) is 1.40. The number of ether oxygens (including phenoxy) is 3. The highest BCUT2D eigenvalue weighted by molar-refractivity contribution is 5.88. The molecule has 0 N–H and O–H groups in total. The Labute approximate surface area is 109 Å². The number of hydrogen-bond donors (Lipinski definition) is 0. The van der Waals surface area contributed by atoms with E-state index >= 15 is 0 Å². The highest BCUT2D eigenvalue weighted by Gasteiger charge is 2.17. The third kappa shape index (κ3) is 3.44. The van der Waals surface area contributed by atoms with Gasteiger partial charge < -0.3 is 14.2 Å². The second kappa shape index (κ2) is 6.39. The van der Waals surface area contributed by atoms with E-state index in [1.165, 1.54) is 39.5 Å². The normalized spacial score (nSPS) is 10.3. The van der Waals surface area contributed by atoms with Crippen LogP contribution in [0.5, 0.6) is 11.5 Å². The van der Waals surface area contributed by atoms with Crippen molar-refractivity contribution in [3.8, 4) is 11.5 Å². The molecule has 0 heterocycles. The van der Waals surface area contributed by atoms with E-state index in [-0.39, 0.29) is 17.0 Å². The lowest BCUT2D eigenvalue weighted by atomic mass is 10.1. The van der Waals surface area contributed by atoms with Crippen LogP contribution in [0.1, 0.15) is 5.56 Å². The molecule has 0 amide bonds. The van der Waals surface area contributed by atoms with Gasteiger partial charge in [0.05, 0.1) is 37.9 Å². The second-order valence-corrected chi connectivity index (χ2v) is 3.38. The number of nitrogens with zero attached hydrogens (tertiary/aromatic N) is 1. The standard InChI is InChI=1S/C12H13NO6/c1-17-10-6-8(4-5-12(14)19-3)9(13(15)16)7-11(10)18-2/h4-7H,1-3H3/b5-4-. The van der Waals surface area contributed by atoms with Gasteiger partial charge in [0.25, 0.3) is 5.69 Å². The van der Waals surface area contributed by atoms with Crippen LogP contribution in [-0.4, -0.2) is 32.2 Å². The summed E-state index contributed by atoms with van der Waals surface area (Å²) in [5.41, 5.74) is 0.0193. The molecule has 0 saturated carbocycles. The monoisotopic (exact) mass is 267 g/mol. The molecule has 0 aliphatic rings. The summed E-state index contributed by atoms with van der Waals surface area (Å²) >= 11 is 0. The molecule has 0 bridgehead atoms. The van der Waals surface area contributed by atoms with Crippen LogP contribution in [0.25, 0.3) is 6.08 Å². The van der Waals surface area contributed by atoms with Gasteiger partial charge in [-0.3, -0.25) is 10.1 Å². The van der Waals surface area contributed by atoms with Crippen molar-refractivity contribution in [2.75, 3.05) is 21.3 Å². The van der Waals surface area contributed by atoms with Crippen molar-refractivity contribution in [3.63, 3.8) is 0 Å². The summed E-state index contributed by atoms with van der Waals surface area (Å²) in [6.07, 6.45) is 2.38. The highest BCUT2D eigenvalue weighted by Crippen LogP contribution is 2.35. The SMILES string of the molecule is COC(=O)/C=C\c1cc(OC)c(OC)cc1[N+](=O)[O-]. The number of carbonyl (C=O) groups is 1. The number of rotatable bonds is 5. The third-order valence-electron chi connectivity index (χ3n) is 2.33. The predicted molar refractivity (Wildman–Crippen MR) is 67.3 cm³/mol. The van der Waals surface area contributed by atoms with E-state index in [4.69, 9.17) is 9.47 Å². The van der Waals surface area contributed by atoms with Crippen molar-refractivity contribution in [2.24, 2.45) is 0 Å². The molecule has 102 valence electrons. The Morgan fingerprint density at radius 3 is 2.26 bits per heavy atom. The lowest BCUT2D eigenvalue weighted by Gasteiger charge is -2.08. The van der Waals surface area contributed by atoms with Crippen LogP contribution in [-0.2, 0) is 9.53 Å². The van der Waals surface area contributed by atoms with Gasteiger partial charge in [0.15, 0.2) is 11.5 Å². The topological polar surface area (TPSA) is 87.9 Å². The Hall–Kier alpha value is -2.57. The molecule has 0 spiro atoms. The van der Waals surface area contributed by atoms with Crippen LogP contribution in [0.4, 0.5) is 5.69 Å². The molecule has 1 aromatic carbocycles. The van der Waals surface area contributed by atoms with Gasteiger partial charge in [0.2, 0.25) is 0 Å². The average Bonchev–Trinajstić information content (AvgIpc) is 2.43. The van der Waals surface area contributed by atoms with E-state index in [1.807, 2.05) is 0 Å². The maximum absolute atomic E-state index is 11.0. The van der Waals surface area contributed by atoms with Gasteiger partial charge in [-0.25, -0.2) is 4.79 Å². The Morgan fingerprint density at radius 2 is 1.79 bits per heavy atom. The summed E-state index contributed by atoms with van der Waals surface area (Å²) in [6, 6.07) is 2.65. The van der Waals surface area contributed by atoms with Crippen molar-refractivity contribution < 1.29 is 23.9 Å². The minimum Gasteiger partial charge on any atom is -0.493 e. The van der Waals surface area contributed by atoms with E-state index in [9.17, 15) is 14.9 Å². The smallest absolute Gasteiger partial charge is 0.330 e. The average molecular weight is 267 g/mol. The molecule has 0 fully saturated rings. The summed E-state index contributed by atoms with van der Waals surface area (Å²) in [5, 5.41) is 11.0. The summed E-state index contributed by atoms with van der Waals surface area (Å²) in [7, 11) is 4.01. The van der Waals surface area contributed by atoms with E-state index < -0.39 is 10.9 Å². The molecule has 1 aromatic rings. The van der Waals surface area contributed by atoms with Crippen LogP contribution in [0.3, 0.4) is 0 Å². The molecule has 0 radical (unpaired) electrons. The predicted octanol–water partition coefficient (Wildman–Crippen LogP) is 1.80. The zero-order chi connectivity index (χ0) is 14.4. The van der Waals surface area contributed by atoms with Gasteiger partial charge in [-0.1, -0.05) is 0 Å². The third-order valence-corrected chi connectivity index (χ3v) is 2.33. The molecule has 0 saturated heterocycles. The molecule has 19 heavy (non-hydrogen) atoms. The lowest BCUT2D eigenvalue weighted by Crippen LogP contribution is -1.98. The van der Waals surface area contributed by atoms with Crippen LogP contribution < -0.4 is 9.47 Å². The molecule has 0 aromatic heterocycles. The van der Waals surface area contributed by atoms with Crippen LogP contribution in [0.2, 0.25) is 0 Å². The van der Waals surface area contributed by atoms with Crippen molar-refractivity contribution >= 4 is 17.7 Å². The van der Waals surface area contributed by atoms with E-state index in [2.05, 4.69) is 4.74 Å². The molecule has 7 heteroatoms. The Bertz CT molecular complexity index is 523. The number of esters is 1. The van der Waals surface area contributed by atoms with Gasteiger partial charge in [-0.05, 0) is 12.1 Å². The first-order valence-electron chi connectivity index (χ1n) is 5.20. The molecular formula is C12H13NO6. The molecule has 0 atom stereocenters. The zero-order valence-electron chi connectivity index (χ0n) is 10.7. The fourth-order valence-corrected chi connectivity index (χ4v) is 1.40. The van der Waals surface area contributed by atoms with Gasteiger partial charge >= 0.3 is 5.97 Å². The summed E-state index contributed by atoms with van der Waals surface area (Å²) in [4.78, 5) is 21.4. The number of methoxy groups -OCH3 is 3. The van der Waals surface area contributed by atoms with Gasteiger partial charge in [-0.15, -0.1) is 0 Å². The number of nitro groups is 1. The Kier molecular flexibility index (Phi) is 4.87. The van der Waals surface area contributed by atoms with Crippen LogP contribution >= 0.6 is 0 Å². The number of hydrogen-bond acceptors (Lipinski definition) is 6. The van der Waals surface area contributed by atoms with Crippen LogP contribution in [0.15, 0.2) is 18.2 Å².